The number of carbonyl (C=O) groups excluding carboxylic acids is 2. The monoisotopic (exact) mass is 355 g/mol. The van der Waals surface area contributed by atoms with E-state index >= 15 is 0 Å². The molecule has 5 nitrogen and oxygen atoms in total. The van der Waals surface area contributed by atoms with Crippen molar-refractivity contribution in [3.63, 3.8) is 0 Å². The summed E-state index contributed by atoms with van der Waals surface area (Å²) in [5.41, 5.74) is 2.37. The fourth-order valence-electron chi connectivity index (χ4n) is 2.58. The first-order valence-electron chi connectivity index (χ1n) is 8.59. The van der Waals surface area contributed by atoms with Gasteiger partial charge in [0.05, 0.1) is 7.11 Å². The summed E-state index contributed by atoms with van der Waals surface area (Å²) < 4.78 is 11.0. The van der Waals surface area contributed by atoms with Crippen LogP contribution in [-0.2, 0) is 4.79 Å². The molecule has 0 aliphatic rings. The third-order valence-electron chi connectivity index (χ3n) is 4.08. The number of carbonyl (C=O) groups is 2. The zero-order chi connectivity index (χ0) is 19.3. The molecule has 0 saturated heterocycles. The molecule has 5 heteroatoms. The molecule has 0 aromatic heterocycles. The quantitative estimate of drug-likeness (QED) is 0.746. The molecule has 0 saturated carbocycles. The Labute approximate surface area is 154 Å². The van der Waals surface area contributed by atoms with Crippen molar-refractivity contribution in [1.82, 2.24) is 0 Å². The minimum atomic E-state index is -0.729. The van der Waals surface area contributed by atoms with Gasteiger partial charge >= 0.3 is 0 Å². The smallest absolute Gasteiger partial charge is 0.265 e. The van der Waals surface area contributed by atoms with Crippen LogP contribution in [0.4, 0.5) is 5.69 Å². The molecule has 138 valence electrons. The molecular weight excluding hydrogens is 330 g/mol. The number of anilines is 1. The van der Waals surface area contributed by atoms with Crippen molar-refractivity contribution < 1.29 is 19.1 Å². The number of hydrogen-bond donors (Lipinski definition) is 1. The maximum atomic E-state index is 12.5. The number of benzene rings is 2. The van der Waals surface area contributed by atoms with Crippen LogP contribution in [0.5, 0.6) is 11.5 Å². The van der Waals surface area contributed by atoms with Crippen LogP contribution >= 0.6 is 0 Å². The van der Waals surface area contributed by atoms with Crippen LogP contribution in [0.2, 0.25) is 0 Å². The van der Waals surface area contributed by atoms with E-state index in [0.717, 1.165) is 11.3 Å². The van der Waals surface area contributed by atoms with Gasteiger partial charge in [0.1, 0.15) is 0 Å². The van der Waals surface area contributed by atoms with Gasteiger partial charge in [-0.15, -0.1) is 0 Å². The lowest BCUT2D eigenvalue weighted by atomic mass is 10.0. The van der Waals surface area contributed by atoms with Crippen molar-refractivity contribution in [2.24, 2.45) is 0 Å². The Balaban J connectivity index is 2.14. The fraction of sp³-hybridized carbons (Fsp3) is 0.333. The summed E-state index contributed by atoms with van der Waals surface area (Å²) in [6, 6.07) is 12.6. The number of amides is 1. The third kappa shape index (κ3) is 4.63. The molecule has 1 N–H and O–H groups in total. The number of rotatable bonds is 7. The Morgan fingerprint density at radius 3 is 2.31 bits per heavy atom. The van der Waals surface area contributed by atoms with Crippen molar-refractivity contribution in [3.05, 3.63) is 53.6 Å². The zero-order valence-corrected chi connectivity index (χ0v) is 15.8. The van der Waals surface area contributed by atoms with E-state index in [1.54, 1.807) is 25.1 Å². The first-order chi connectivity index (χ1) is 12.3. The van der Waals surface area contributed by atoms with E-state index in [2.05, 4.69) is 19.2 Å². The van der Waals surface area contributed by atoms with E-state index < -0.39 is 6.10 Å². The highest BCUT2D eigenvalue weighted by Crippen LogP contribution is 2.30. The summed E-state index contributed by atoms with van der Waals surface area (Å²) in [7, 11) is 1.50. The molecule has 0 bridgehead atoms. The number of Topliss-reactive ketones (excluding diaryl/α,β-unsaturated/α-hetero) is 1. The second-order valence-corrected chi connectivity index (χ2v) is 6.41. The van der Waals surface area contributed by atoms with Gasteiger partial charge in [0.2, 0.25) is 0 Å². The van der Waals surface area contributed by atoms with Crippen molar-refractivity contribution in [2.75, 3.05) is 12.4 Å². The molecule has 0 spiro atoms. The van der Waals surface area contributed by atoms with Crippen LogP contribution in [0.1, 0.15) is 49.5 Å². The number of methoxy groups -OCH3 is 1. The molecule has 0 aliphatic carbocycles. The maximum Gasteiger partial charge on any atom is 0.265 e. The van der Waals surface area contributed by atoms with Crippen LogP contribution in [-0.4, -0.2) is 24.9 Å². The molecule has 0 heterocycles. The van der Waals surface area contributed by atoms with Gasteiger partial charge in [-0.25, -0.2) is 0 Å². The predicted octanol–water partition coefficient (Wildman–Crippen LogP) is 4.43. The molecular formula is C21H25NO4. The standard InChI is InChI=1S/C21H25NO4/c1-13(2)17-8-6-7-9-18(17)22-21(24)15(4)26-19-11-10-16(14(3)23)12-20(19)25-5/h6-13,15H,1-5H3,(H,22,24). The largest absolute Gasteiger partial charge is 0.493 e. The molecule has 0 fully saturated rings. The normalized spacial score (nSPS) is 11.8. The Kier molecular flexibility index (Phi) is 6.39. The van der Waals surface area contributed by atoms with Gasteiger partial charge < -0.3 is 14.8 Å². The molecule has 2 aromatic rings. The zero-order valence-electron chi connectivity index (χ0n) is 15.8. The Morgan fingerprint density at radius 2 is 1.69 bits per heavy atom. The lowest BCUT2D eigenvalue weighted by Crippen LogP contribution is -2.30. The van der Waals surface area contributed by atoms with E-state index in [1.807, 2.05) is 24.3 Å². The van der Waals surface area contributed by atoms with Crippen molar-refractivity contribution in [2.45, 2.75) is 39.7 Å². The molecule has 1 unspecified atom stereocenters. The van der Waals surface area contributed by atoms with Crippen LogP contribution < -0.4 is 14.8 Å². The Bertz CT molecular complexity index is 798. The highest BCUT2D eigenvalue weighted by Gasteiger charge is 2.19. The van der Waals surface area contributed by atoms with Gasteiger partial charge in [-0.05, 0) is 49.6 Å². The van der Waals surface area contributed by atoms with Gasteiger partial charge in [0.25, 0.3) is 5.91 Å². The SMILES string of the molecule is COc1cc(C(C)=O)ccc1OC(C)C(=O)Nc1ccccc1C(C)C. The van der Waals surface area contributed by atoms with Gasteiger partial charge in [-0.3, -0.25) is 9.59 Å². The number of nitrogens with one attached hydrogen (secondary N) is 1. The van der Waals surface area contributed by atoms with Gasteiger partial charge in [0.15, 0.2) is 23.4 Å². The summed E-state index contributed by atoms with van der Waals surface area (Å²) >= 11 is 0. The summed E-state index contributed by atoms with van der Waals surface area (Å²) in [6.07, 6.45) is -0.729. The highest BCUT2D eigenvalue weighted by molar-refractivity contribution is 5.95. The average molecular weight is 355 g/mol. The molecule has 2 aromatic carbocycles. The first kappa shape index (κ1) is 19.5. The van der Waals surface area contributed by atoms with E-state index in [0.29, 0.717) is 23.0 Å². The highest BCUT2D eigenvalue weighted by atomic mass is 16.5. The second kappa shape index (κ2) is 8.52. The summed E-state index contributed by atoms with van der Waals surface area (Å²) in [5, 5.41) is 2.92. The summed E-state index contributed by atoms with van der Waals surface area (Å²) in [6.45, 7) is 7.31. The summed E-state index contributed by atoms with van der Waals surface area (Å²) in [4.78, 5) is 24.0. The van der Waals surface area contributed by atoms with Crippen LogP contribution in [0, 0.1) is 0 Å². The van der Waals surface area contributed by atoms with Crippen LogP contribution in [0.25, 0.3) is 0 Å². The molecule has 0 aliphatic heterocycles. The predicted molar refractivity (Wildman–Crippen MR) is 102 cm³/mol. The first-order valence-corrected chi connectivity index (χ1v) is 8.59. The molecule has 1 atom stereocenters. The average Bonchev–Trinajstić information content (AvgIpc) is 2.61. The minimum Gasteiger partial charge on any atom is -0.493 e. The molecule has 26 heavy (non-hydrogen) atoms. The van der Waals surface area contributed by atoms with Gasteiger partial charge in [-0.2, -0.15) is 0 Å². The van der Waals surface area contributed by atoms with Crippen molar-refractivity contribution in [3.8, 4) is 11.5 Å². The van der Waals surface area contributed by atoms with E-state index in [-0.39, 0.29) is 11.7 Å². The number of para-hydroxylation sites is 1. The third-order valence-corrected chi connectivity index (χ3v) is 4.08. The van der Waals surface area contributed by atoms with Crippen LogP contribution in [0.15, 0.2) is 42.5 Å². The van der Waals surface area contributed by atoms with Gasteiger partial charge in [-0.1, -0.05) is 32.0 Å². The van der Waals surface area contributed by atoms with E-state index in [4.69, 9.17) is 9.47 Å². The summed E-state index contributed by atoms with van der Waals surface area (Å²) in [5.74, 6) is 0.806. The number of hydrogen-bond acceptors (Lipinski definition) is 4. The fourth-order valence-corrected chi connectivity index (χ4v) is 2.58. The lowest BCUT2D eigenvalue weighted by Gasteiger charge is -2.19. The number of ether oxygens (including phenoxy) is 2. The van der Waals surface area contributed by atoms with Crippen molar-refractivity contribution in [1.29, 1.82) is 0 Å². The van der Waals surface area contributed by atoms with Crippen LogP contribution in [0.3, 0.4) is 0 Å². The molecule has 1 amide bonds. The lowest BCUT2D eigenvalue weighted by molar-refractivity contribution is -0.122. The number of ketones is 1. The molecule has 2 rings (SSSR count). The maximum absolute atomic E-state index is 12.5. The second-order valence-electron chi connectivity index (χ2n) is 6.41. The molecule has 0 radical (unpaired) electrons. The van der Waals surface area contributed by atoms with Gasteiger partial charge in [0, 0.05) is 11.3 Å². The minimum absolute atomic E-state index is 0.0640. The topological polar surface area (TPSA) is 64.6 Å². The Hall–Kier alpha value is -2.82. The van der Waals surface area contributed by atoms with Crippen molar-refractivity contribution >= 4 is 17.4 Å². The van der Waals surface area contributed by atoms with E-state index in [1.165, 1.54) is 14.0 Å². The van der Waals surface area contributed by atoms with E-state index in [9.17, 15) is 9.59 Å². The Morgan fingerprint density at radius 1 is 1.00 bits per heavy atom.